The van der Waals surface area contributed by atoms with Crippen LogP contribution in [0.3, 0.4) is 0 Å². The van der Waals surface area contributed by atoms with Gasteiger partial charge in [0, 0.05) is 11.1 Å². The fourth-order valence-electron chi connectivity index (χ4n) is 2.02. The molecule has 1 atom stereocenters. The fraction of sp³-hybridized carbons (Fsp3) is 0.200. The number of anilines is 1. The van der Waals surface area contributed by atoms with Crippen molar-refractivity contribution in [1.82, 2.24) is 10.6 Å². The van der Waals surface area contributed by atoms with E-state index in [4.69, 9.17) is 58.6 Å². The maximum Gasteiger partial charge on any atom is 0.236 e. The Kier molecular flexibility index (Phi) is 6.78. The molecule has 24 heavy (non-hydrogen) atoms. The molecule has 0 fully saturated rings. The number of benzene rings is 2. The summed E-state index contributed by atoms with van der Waals surface area (Å²) < 4.78 is -1.81. The molecule has 2 rings (SSSR count). The second kappa shape index (κ2) is 8.41. The SMILES string of the molecule is O=C(CCl)N[C@H](NC(=S)Nc1cccc2ccccc12)C(Cl)(Cl)Cl. The first-order valence-electron chi connectivity index (χ1n) is 6.78. The van der Waals surface area contributed by atoms with Gasteiger partial charge in [-0.1, -0.05) is 71.2 Å². The predicted octanol–water partition coefficient (Wildman–Crippen LogP) is 4.18. The van der Waals surface area contributed by atoms with E-state index in [9.17, 15) is 4.79 Å². The van der Waals surface area contributed by atoms with Crippen molar-refractivity contribution >= 4 is 86.1 Å². The molecule has 4 nitrogen and oxygen atoms in total. The van der Waals surface area contributed by atoms with Crippen LogP contribution in [0.4, 0.5) is 5.69 Å². The van der Waals surface area contributed by atoms with Gasteiger partial charge in [0.15, 0.2) is 5.11 Å². The van der Waals surface area contributed by atoms with Gasteiger partial charge in [-0.05, 0) is 23.7 Å². The van der Waals surface area contributed by atoms with Gasteiger partial charge >= 0.3 is 0 Å². The van der Waals surface area contributed by atoms with E-state index in [1.807, 2.05) is 42.5 Å². The fourth-order valence-corrected chi connectivity index (χ4v) is 2.66. The second-order valence-corrected chi connectivity index (χ2v) is 7.85. The number of carbonyl (C=O) groups excluding carboxylic acids is 1. The normalized spacial score (nSPS) is 12.5. The summed E-state index contributed by atoms with van der Waals surface area (Å²) in [6.45, 7) is 0. The van der Waals surface area contributed by atoms with Crippen LogP contribution in [0.2, 0.25) is 0 Å². The number of rotatable bonds is 4. The maximum atomic E-state index is 11.5. The standard InChI is InChI=1S/C15H13Cl4N3OS/c16-8-12(23)21-13(15(17,18)19)22-14(24)20-11-7-3-5-9-4-1-2-6-10(9)11/h1-7,13H,8H2,(H,21,23)(H2,20,22,24)/t13-/m1/s1. The molecule has 0 bridgehead atoms. The number of thiocarbonyl (C=S) groups is 1. The monoisotopic (exact) mass is 423 g/mol. The van der Waals surface area contributed by atoms with E-state index in [1.165, 1.54) is 0 Å². The average Bonchev–Trinajstić information content (AvgIpc) is 2.53. The Morgan fingerprint density at radius 2 is 1.75 bits per heavy atom. The van der Waals surface area contributed by atoms with E-state index in [2.05, 4.69) is 16.0 Å². The zero-order valence-electron chi connectivity index (χ0n) is 12.2. The number of fused-ring (bicyclic) bond motifs is 1. The van der Waals surface area contributed by atoms with Crippen molar-refractivity contribution in [1.29, 1.82) is 0 Å². The highest BCUT2D eigenvalue weighted by Gasteiger charge is 2.34. The number of nitrogens with one attached hydrogen (secondary N) is 3. The van der Waals surface area contributed by atoms with E-state index in [0.717, 1.165) is 16.5 Å². The number of carbonyl (C=O) groups is 1. The lowest BCUT2D eigenvalue weighted by molar-refractivity contribution is -0.119. The molecule has 0 aromatic heterocycles. The first-order chi connectivity index (χ1) is 11.3. The molecule has 9 heteroatoms. The highest BCUT2D eigenvalue weighted by molar-refractivity contribution is 7.80. The van der Waals surface area contributed by atoms with Gasteiger partial charge in [-0.25, -0.2) is 0 Å². The Balaban J connectivity index is 2.14. The molecule has 0 aliphatic carbocycles. The van der Waals surface area contributed by atoms with Gasteiger partial charge < -0.3 is 16.0 Å². The summed E-state index contributed by atoms with van der Waals surface area (Å²) in [5.74, 6) is -0.754. The zero-order valence-corrected chi connectivity index (χ0v) is 16.0. The summed E-state index contributed by atoms with van der Waals surface area (Å²) in [5.41, 5.74) is 0.789. The molecule has 0 unspecified atom stereocenters. The van der Waals surface area contributed by atoms with Crippen molar-refractivity contribution in [3.63, 3.8) is 0 Å². The van der Waals surface area contributed by atoms with Crippen molar-refractivity contribution in [3.05, 3.63) is 42.5 Å². The molecular formula is C15H13Cl4N3OS. The lowest BCUT2D eigenvalue weighted by Gasteiger charge is -2.27. The van der Waals surface area contributed by atoms with Gasteiger partial charge in [-0.2, -0.15) is 0 Å². The number of hydrogen-bond acceptors (Lipinski definition) is 2. The average molecular weight is 425 g/mol. The third kappa shape index (κ3) is 5.26. The lowest BCUT2D eigenvalue weighted by atomic mass is 10.1. The summed E-state index contributed by atoms with van der Waals surface area (Å²) in [6.07, 6.45) is -1.04. The Morgan fingerprint density at radius 1 is 1.08 bits per heavy atom. The molecule has 0 radical (unpaired) electrons. The van der Waals surface area contributed by atoms with Crippen LogP contribution in [0, 0.1) is 0 Å². The highest BCUT2D eigenvalue weighted by atomic mass is 35.6. The van der Waals surface area contributed by atoms with Crippen LogP contribution in [-0.4, -0.2) is 26.9 Å². The minimum Gasteiger partial charge on any atom is -0.339 e. The minimum absolute atomic E-state index is 0.192. The van der Waals surface area contributed by atoms with Gasteiger partial charge in [-0.3, -0.25) is 4.79 Å². The van der Waals surface area contributed by atoms with Crippen LogP contribution in [0.15, 0.2) is 42.5 Å². The van der Waals surface area contributed by atoms with Crippen LogP contribution >= 0.6 is 58.6 Å². The lowest BCUT2D eigenvalue weighted by Crippen LogP contribution is -2.56. The van der Waals surface area contributed by atoms with Gasteiger partial charge in [0.25, 0.3) is 0 Å². The van der Waals surface area contributed by atoms with E-state index >= 15 is 0 Å². The highest BCUT2D eigenvalue weighted by Crippen LogP contribution is 2.29. The summed E-state index contributed by atoms with van der Waals surface area (Å²) in [6, 6.07) is 13.6. The summed E-state index contributed by atoms with van der Waals surface area (Å²) in [5, 5.41) is 10.5. The molecule has 3 N–H and O–H groups in total. The molecule has 0 saturated heterocycles. The molecule has 0 saturated carbocycles. The van der Waals surface area contributed by atoms with Crippen LogP contribution in [-0.2, 0) is 4.79 Å². The maximum absolute atomic E-state index is 11.5. The topological polar surface area (TPSA) is 53.2 Å². The second-order valence-electron chi connectivity index (χ2n) is 4.80. The molecule has 0 aliphatic rings. The van der Waals surface area contributed by atoms with E-state index < -0.39 is 15.9 Å². The van der Waals surface area contributed by atoms with Gasteiger partial charge in [0.1, 0.15) is 12.0 Å². The molecule has 0 aliphatic heterocycles. The van der Waals surface area contributed by atoms with Crippen molar-refractivity contribution in [3.8, 4) is 0 Å². The third-order valence-corrected chi connectivity index (χ3v) is 4.18. The van der Waals surface area contributed by atoms with Crippen molar-refractivity contribution in [2.45, 2.75) is 9.96 Å². The Bertz CT molecular complexity index is 746. The number of alkyl halides is 4. The molecule has 0 spiro atoms. The molecule has 2 aromatic rings. The van der Waals surface area contributed by atoms with Crippen molar-refractivity contribution in [2.24, 2.45) is 0 Å². The Labute approximate surface area is 164 Å². The van der Waals surface area contributed by atoms with Crippen LogP contribution in [0.1, 0.15) is 0 Å². The van der Waals surface area contributed by atoms with Gasteiger partial charge in [0.05, 0.1) is 0 Å². The van der Waals surface area contributed by atoms with Crippen LogP contribution in [0.5, 0.6) is 0 Å². The largest absolute Gasteiger partial charge is 0.339 e. The first kappa shape index (κ1) is 19.3. The molecule has 128 valence electrons. The third-order valence-electron chi connectivity index (χ3n) is 3.07. The summed E-state index contributed by atoms with van der Waals surface area (Å²) in [4.78, 5) is 11.5. The molecule has 2 aromatic carbocycles. The predicted molar refractivity (Wildman–Crippen MR) is 106 cm³/mol. The number of halogens is 4. The number of hydrogen-bond donors (Lipinski definition) is 3. The van der Waals surface area contributed by atoms with Crippen LogP contribution in [0.25, 0.3) is 10.8 Å². The Hall–Kier alpha value is -0.980. The van der Waals surface area contributed by atoms with E-state index in [0.29, 0.717) is 0 Å². The smallest absolute Gasteiger partial charge is 0.236 e. The first-order valence-corrected chi connectivity index (χ1v) is 8.86. The summed E-state index contributed by atoms with van der Waals surface area (Å²) in [7, 11) is 0. The quantitative estimate of drug-likeness (QED) is 0.391. The van der Waals surface area contributed by atoms with Gasteiger partial charge in [-0.15, -0.1) is 11.6 Å². The minimum atomic E-state index is -1.81. The number of amides is 1. The van der Waals surface area contributed by atoms with Crippen LogP contribution < -0.4 is 16.0 Å². The Morgan fingerprint density at radius 3 is 2.42 bits per heavy atom. The molecular weight excluding hydrogens is 412 g/mol. The van der Waals surface area contributed by atoms with E-state index in [1.54, 1.807) is 0 Å². The van der Waals surface area contributed by atoms with Crippen molar-refractivity contribution in [2.75, 3.05) is 11.2 Å². The zero-order chi connectivity index (χ0) is 17.7. The summed E-state index contributed by atoms with van der Waals surface area (Å²) >= 11 is 28.3. The molecule has 1 amide bonds. The van der Waals surface area contributed by atoms with Gasteiger partial charge in [0.2, 0.25) is 9.70 Å². The van der Waals surface area contributed by atoms with Crippen molar-refractivity contribution < 1.29 is 4.79 Å². The van der Waals surface area contributed by atoms with E-state index in [-0.39, 0.29) is 11.0 Å². The molecule has 0 heterocycles.